The molecule has 13 heteroatoms. The maximum atomic E-state index is 12.4. The molecule has 0 saturated carbocycles. The molecule has 2 heterocycles. The summed E-state index contributed by atoms with van der Waals surface area (Å²) in [5.41, 5.74) is 6.33. The van der Waals surface area contributed by atoms with Gasteiger partial charge in [-0.1, -0.05) is 78.8 Å². The van der Waals surface area contributed by atoms with Crippen LogP contribution in [-0.4, -0.2) is 59.3 Å². The Bertz CT molecular complexity index is 1940. The van der Waals surface area contributed by atoms with Crippen LogP contribution in [0.5, 0.6) is 5.75 Å². The molecule has 1 aromatic heterocycles. The van der Waals surface area contributed by atoms with Gasteiger partial charge in [-0.15, -0.1) is 5.10 Å². The highest BCUT2D eigenvalue weighted by atomic mass is 32.2. The highest BCUT2D eigenvalue weighted by Gasteiger charge is 2.33. The predicted molar refractivity (Wildman–Crippen MR) is 194 cm³/mol. The van der Waals surface area contributed by atoms with Gasteiger partial charge >= 0.3 is 5.97 Å². The molecule has 0 aliphatic carbocycles. The van der Waals surface area contributed by atoms with Gasteiger partial charge < -0.3 is 30.1 Å². The van der Waals surface area contributed by atoms with Gasteiger partial charge in [0, 0.05) is 37.1 Å². The lowest BCUT2D eigenvalue weighted by Gasteiger charge is -2.36. The fourth-order valence-corrected chi connectivity index (χ4v) is 6.88. The van der Waals surface area contributed by atoms with Gasteiger partial charge in [0.15, 0.2) is 6.29 Å². The van der Waals surface area contributed by atoms with E-state index in [9.17, 15) is 19.8 Å². The summed E-state index contributed by atoms with van der Waals surface area (Å²) in [5.74, 6) is -0.157. The first-order valence-corrected chi connectivity index (χ1v) is 18.2. The maximum absolute atomic E-state index is 12.4. The fraction of sp³-hybridized carbons (Fsp3) is 0.308. The third kappa shape index (κ3) is 10.0. The van der Waals surface area contributed by atoms with Crippen LogP contribution in [0.1, 0.15) is 73.2 Å². The normalized spacial score (nSPS) is 17.1. The number of phenolic OH excluding ortho intramolecular Hbond substituents is 1. The average Bonchev–Trinajstić information content (AvgIpc) is 3.65. The quantitative estimate of drug-likeness (QED) is 0.0646. The van der Waals surface area contributed by atoms with Crippen molar-refractivity contribution in [3.05, 3.63) is 119 Å². The van der Waals surface area contributed by atoms with E-state index in [-0.39, 0.29) is 36.9 Å². The third-order valence-electron chi connectivity index (χ3n) is 8.75. The van der Waals surface area contributed by atoms with Crippen molar-refractivity contribution in [2.45, 2.75) is 75.3 Å². The first-order valence-electron chi connectivity index (χ1n) is 17.2. The standard InChI is InChI=1S/C39H41N5O7S/c45-24-26-12-14-28(15-13-26)35-22-34(25-52-39-41-42-43-44(39)32-16-18-33(46)19-17-32)50-38(51-35)31-9-5-8-30(21-31)29-7-4-6-27(20-29)23-40-36(47)10-2-1-3-11-37(48)49/h4-9,12-21,34-35,38,45-46H,1-3,10-11,22-25H2,(H,40,47)(H,48,49)/t34-,35+,38+/m1/s1. The van der Waals surface area contributed by atoms with E-state index >= 15 is 0 Å². The van der Waals surface area contributed by atoms with E-state index in [1.165, 1.54) is 11.8 Å². The molecule has 0 spiro atoms. The summed E-state index contributed by atoms with van der Waals surface area (Å²) in [5, 5.41) is 43.9. The SMILES string of the molecule is O=C(O)CCCCCC(=O)NCc1cccc(-c2cccc([C@H]3O[C@@H](CSc4nnnn4-c4ccc(O)cc4)C[C@@H](c4ccc(CO)cc4)O3)c2)c1. The number of phenols is 1. The fourth-order valence-electron chi connectivity index (χ4n) is 5.97. The summed E-state index contributed by atoms with van der Waals surface area (Å²) in [7, 11) is 0. The van der Waals surface area contributed by atoms with Crippen molar-refractivity contribution in [2.24, 2.45) is 0 Å². The number of aromatic nitrogens is 4. The topological polar surface area (TPSA) is 169 Å². The molecule has 270 valence electrons. The number of carbonyl (C=O) groups is 2. The molecule has 52 heavy (non-hydrogen) atoms. The Morgan fingerprint density at radius 2 is 1.60 bits per heavy atom. The van der Waals surface area contributed by atoms with Gasteiger partial charge in [-0.25, -0.2) is 0 Å². The molecule has 0 bridgehead atoms. The first-order chi connectivity index (χ1) is 25.3. The monoisotopic (exact) mass is 723 g/mol. The van der Waals surface area contributed by atoms with Crippen LogP contribution in [0, 0.1) is 0 Å². The number of carboxylic acids is 1. The minimum atomic E-state index is -0.814. The van der Waals surface area contributed by atoms with Crippen molar-refractivity contribution < 1.29 is 34.4 Å². The van der Waals surface area contributed by atoms with Crippen molar-refractivity contribution in [2.75, 3.05) is 5.75 Å². The highest BCUT2D eigenvalue weighted by Crippen LogP contribution is 2.40. The van der Waals surface area contributed by atoms with Crippen molar-refractivity contribution >= 4 is 23.6 Å². The Hall–Kier alpha value is -5.08. The zero-order valence-electron chi connectivity index (χ0n) is 28.5. The summed E-state index contributed by atoms with van der Waals surface area (Å²) < 4.78 is 14.8. The summed E-state index contributed by atoms with van der Waals surface area (Å²) in [6.07, 6.45) is 1.88. The summed E-state index contributed by atoms with van der Waals surface area (Å²) in [6, 6.07) is 30.5. The molecule has 0 radical (unpaired) electrons. The van der Waals surface area contributed by atoms with E-state index in [1.807, 2.05) is 60.7 Å². The Kier molecular flexibility index (Phi) is 12.6. The van der Waals surface area contributed by atoms with Crippen LogP contribution < -0.4 is 5.32 Å². The Labute approximate surface area is 305 Å². The molecule has 3 atom stereocenters. The minimum Gasteiger partial charge on any atom is -0.508 e. The number of amides is 1. The maximum Gasteiger partial charge on any atom is 0.303 e. The van der Waals surface area contributed by atoms with Crippen LogP contribution >= 0.6 is 11.8 Å². The van der Waals surface area contributed by atoms with Gasteiger partial charge in [-0.3, -0.25) is 9.59 Å². The molecule has 4 N–H and O–H groups in total. The van der Waals surface area contributed by atoms with E-state index in [0.717, 1.165) is 39.1 Å². The minimum absolute atomic E-state index is 0.0386. The van der Waals surface area contributed by atoms with Gasteiger partial charge in [0.1, 0.15) is 5.75 Å². The second kappa shape index (κ2) is 17.9. The van der Waals surface area contributed by atoms with Gasteiger partial charge in [0.25, 0.3) is 0 Å². The van der Waals surface area contributed by atoms with Crippen LogP contribution in [0.15, 0.2) is 102 Å². The second-order valence-corrected chi connectivity index (χ2v) is 13.6. The predicted octanol–water partition coefficient (Wildman–Crippen LogP) is 6.52. The van der Waals surface area contributed by atoms with Crippen molar-refractivity contribution in [1.29, 1.82) is 0 Å². The first kappa shape index (κ1) is 36.7. The molecular formula is C39H41N5O7S. The number of nitrogens with zero attached hydrogens (tertiary/aromatic N) is 4. The van der Waals surface area contributed by atoms with Crippen LogP contribution in [-0.2, 0) is 32.2 Å². The Morgan fingerprint density at radius 3 is 2.37 bits per heavy atom. The van der Waals surface area contributed by atoms with Gasteiger partial charge in [0.05, 0.1) is 24.5 Å². The number of nitrogens with one attached hydrogen (secondary N) is 1. The summed E-state index contributed by atoms with van der Waals surface area (Å²) in [6.45, 7) is 0.353. The number of carboxylic acid groups (broad SMARTS) is 1. The number of hydrogen-bond donors (Lipinski definition) is 4. The molecule has 1 amide bonds. The molecule has 1 aliphatic rings. The van der Waals surface area contributed by atoms with Gasteiger partial charge in [-0.2, -0.15) is 4.68 Å². The van der Waals surface area contributed by atoms with Crippen LogP contribution in [0.25, 0.3) is 16.8 Å². The number of benzene rings is 4. The average molecular weight is 724 g/mol. The number of carbonyl (C=O) groups excluding carboxylic acids is 1. The molecule has 1 saturated heterocycles. The van der Waals surface area contributed by atoms with Gasteiger partial charge in [-0.05, 0) is 87.5 Å². The number of aromatic hydroxyl groups is 1. The number of hydrogen-bond acceptors (Lipinski definition) is 10. The zero-order valence-corrected chi connectivity index (χ0v) is 29.3. The molecular weight excluding hydrogens is 683 g/mol. The van der Waals surface area contributed by atoms with Crippen LogP contribution in [0.4, 0.5) is 0 Å². The smallest absolute Gasteiger partial charge is 0.303 e. The lowest BCUT2D eigenvalue weighted by Crippen LogP contribution is -2.31. The van der Waals surface area contributed by atoms with E-state index < -0.39 is 12.3 Å². The van der Waals surface area contributed by atoms with Crippen LogP contribution in [0.2, 0.25) is 0 Å². The van der Waals surface area contributed by atoms with Crippen molar-refractivity contribution in [1.82, 2.24) is 25.5 Å². The van der Waals surface area contributed by atoms with E-state index in [1.54, 1.807) is 28.9 Å². The lowest BCUT2D eigenvalue weighted by molar-refractivity contribution is -0.245. The molecule has 1 fully saturated rings. The van der Waals surface area contributed by atoms with E-state index in [4.69, 9.17) is 14.6 Å². The number of aliphatic hydroxyl groups excluding tert-OH is 1. The molecule has 12 nitrogen and oxygen atoms in total. The second-order valence-electron chi connectivity index (χ2n) is 12.6. The van der Waals surface area contributed by atoms with E-state index in [2.05, 4.69) is 33.0 Å². The number of aliphatic hydroxyl groups is 1. The van der Waals surface area contributed by atoms with Crippen molar-refractivity contribution in [3.63, 3.8) is 0 Å². The lowest BCUT2D eigenvalue weighted by atomic mass is 9.99. The largest absolute Gasteiger partial charge is 0.508 e. The molecule has 0 unspecified atom stereocenters. The summed E-state index contributed by atoms with van der Waals surface area (Å²) >= 11 is 1.47. The molecule has 1 aliphatic heterocycles. The number of unbranched alkanes of at least 4 members (excludes halogenated alkanes) is 2. The number of aliphatic carboxylic acids is 1. The van der Waals surface area contributed by atoms with Crippen molar-refractivity contribution in [3.8, 4) is 22.6 Å². The number of rotatable bonds is 16. The Morgan fingerprint density at radius 1 is 0.846 bits per heavy atom. The molecule has 4 aromatic carbocycles. The van der Waals surface area contributed by atoms with Gasteiger partial charge in [0.2, 0.25) is 11.1 Å². The highest BCUT2D eigenvalue weighted by molar-refractivity contribution is 7.99. The number of thioether (sulfide) groups is 1. The molecule has 5 aromatic rings. The Balaban J connectivity index is 1.15. The number of tetrazole rings is 1. The molecule has 6 rings (SSSR count). The van der Waals surface area contributed by atoms with E-state index in [0.29, 0.717) is 49.6 Å². The van der Waals surface area contributed by atoms with Crippen LogP contribution in [0.3, 0.4) is 0 Å². The third-order valence-corrected chi connectivity index (χ3v) is 9.80. The zero-order chi connectivity index (χ0) is 36.3. The summed E-state index contributed by atoms with van der Waals surface area (Å²) in [4.78, 5) is 23.1. The number of ether oxygens (including phenoxy) is 2.